The first kappa shape index (κ1) is 15.6. The molecule has 1 N–H and O–H groups in total. The summed E-state index contributed by atoms with van der Waals surface area (Å²) in [4.78, 5) is 0. The van der Waals surface area contributed by atoms with Crippen LogP contribution in [0.3, 0.4) is 0 Å². The van der Waals surface area contributed by atoms with Crippen LogP contribution >= 0.6 is 0 Å². The van der Waals surface area contributed by atoms with E-state index in [1.807, 2.05) is 36.4 Å². The summed E-state index contributed by atoms with van der Waals surface area (Å²) in [7, 11) is 1.66. The molecule has 0 aliphatic rings. The van der Waals surface area contributed by atoms with Gasteiger partial charge in [-0.1, -0.05) is 50.2 Å². The van der Waals surface area contributed by atoms with E-state index in [4.69, 9.17) is 4.74 Å². The van der Waals surface area contributed by atoms with Gasteiger partial charge in [0.05, 0.1) is 13.2 Å². The summed E-state index contributed by atoms with van der Waals surface area (Å²) in [5.74, 6) is 1.49. The van der Waals surface area contributed by atoms with Crippen molar-refractivity contribution in [3.8, 4) is 5.75 Å². The normalized spacial score (nSPS) is 12.4. The zero-order chi connectivity index (χ0) is 15.2. The molecular formula is C19H24O2. The third-order valence-electron chi connectivity index (χ3n) is 3.60. The van der Waals surface area contributed by atoms with Gasteiger partial charge in [0.15, 0.2) is 0 Å². The Morgan fingerprint density at radius 2 is 1.38 bits per heavy atom. The van der Waals surface area contributed by atoms with Crippen molar-refractivity contribution in [3.05, 3.63) is 65.2 Å². The molecule has 1 atom stereocenters. The number of aliphatic hydroxyl groups excluding tert-OH is 1. The van der Waals surface area contributed by atoms with E-state index in [9.17, 15) is 5.11 Å². The van der Waals surface area contributed by atoms with E-state index < -0.39 is 6.10 Å². The number of methoxy groups -OCH3 is 1. The fourth-order valence-electron chi connectivity index (χ4n) is 2.45. The minimum atomic E-state index is -0.466. The maximum atomic E-state index is 10.3. The highest BCUT2D eigenvalue weighted by molar-refractivity contribution is 5.30. The third kappa shape index (κ3) is 4.61. The van der Waals surface area contributed by atoms with Gasteiger partial charge in [0.25, 0.3) is 0 Å². The first-order valence-electron chi connectivity index (χ1n) is 7.48. The van der Waals surface area contributed by atoms with Crippen LogP contribution in [0.5, 0.6) is 5.75 Å². The Labute approximate surface area is 127 Å². The fraction of sp³-hybridized carbons (Fsp3) is 0.368. The second kappa shape index (κ2) is 7.28. The molecule has 2 aromatic rings. The Morgan fingerprint density at radius 3 is 1.90 bits per heavy atom. The SMILES string of the molecule is COc1ccc(CC(O)c2ccc(CC(C)C)cc2)cc1. The van der Waals surface area contributed by atoms with E-state index in [2.05, 4.69) is 26.0 Å². The molecule has 21 heavy (non-hydrogen) atoms. The van der Waals surface area contributed by atoms with E-state index in [0.29, 0.717) is 12.3 Å². The monoisotopic (exact) mass is 284 g/mol. The van der Waals surface area contributed by atoms with Gasteiger partial charge in [0.2, 0.25) is 0 Å². The fourth-order valence-corrected chi connectivity index (χ4v) is 2.45. The Bertz CT molecular complexity index is 541. The van der Waals surface area contributed by atoms with Gasteiger partial charge in [0.1, 0.15) is 5.75 Å². The van der Waals surface area contributed by atoms with Crippen LogP contribution in [-0.4, -0.2) is 12.2 Å². The molecule has 112 valence electrons. The lowest BCUT2D eigenvalue weighted by molar-refractivity contribution is 0.178. The van der Waals surface area contributed by atoms with E-state index in [-0.39, 0.29) is 0 Å². The highest BCUT2D eigenvalue weighted by atomic mass is 16.5. The molecule has 2 rings (SSSR count). The molecule has 0 spiro atoms. The molecule has 0 amide bonds. The molecule has 1 unspecified atom stereocenters. The average molecular weight is 284 g/mol. The second-order valence-corrected chi connectivity index (χ2v) is 5.91. The molecule has 0 fully saturated rings. The van der Waals surface area contributed by atoms with E-state index in [1.54, 1.807) is 7.11 Å². The molecule has 2 nitrogen and oxygen atoms in total. The Kier molecular flexibility index (Phi) is 5.40. The molecule has 0 aromatic heterocycles. The predicted octanol–water partition coefficient (Wildman–Crippen LogP) is 4.17. The summed E-state index contributed by atoms with van der Waals surface area (Å²) >= 11 is 0. The van der Waals surface area contributed by atoms with E-state index in [0.717, 1.165) is 23.3 Å². The van der Waals surface area contributed by atoms with Crippen molar-refractivity contribution < 1.29 is 9.84 Å². The van der Waals surface area contributed by atoms with Crippen LogP contribution < -0.4 is 4.74 Å². The summed E-state index contributed by atoms with van der Waals surface area (Å²) in [5, 5.41) is 10.3. The molecule has 0 radical (unpaired) electrons. The molecule has 2 aromatic carbocycles. The summed E-state index contributed by atoms with van der Waals surface area (Å²) < 4.78 is 5.14. The highest BCUT2D eigenvalue weighted by Gasteiger charge is 2.09. The number of aliphatic hydroxyl groups is 1. The van der Waals surface area contributed by atoms with Crippen LogP contribution in [0.1, 0.15) is 36.6 Å². The molecule has 2 heteroatoms. The average Bonchev–Trinajstić information content (AvgIpc) is 2.48. The van der Waals surface area contributed by atoms with Crippen LogP contribution in [0.4, 0.5) is 0 Å². The van der Waals surface area contributed by atoms with Gasteiger partial charge < -0.3 is 9.84 Å². The minimum absolute atomic E-state index is 0.466. The van der Waals surface area contributed by atoms with Gasteiger partial charge in [-0.25, -0.2) is 0 Å². The van der Waals surface area contributed by atoms with Crippen molar-refractivity contribution in [3.63, 3.8) is 0 Å². The van der Waals surface area contributed by atoms with Gasteiger partial charge in [-0.05, 0) is 41.2 Å². The third-order valence-corrected chi connectivity index (χ3v) is 3.60. The number of hydrogen-bond donors (Lipinski definition) is 1. The maximum absolute atomic E-state index is 10.3. The van der Waals surface area contributed by atoms with Gasteiger partial charge in [-0.2, -0.15) is 0 Å². The lowest BCUT2D eigenvalue weighted by Gasteiger charge is -2.13. The Hall–Kier alpha value is -1.80. The van der Waals surface area contributed by atoms with Crippen LogP contribution in [0.25, 0.3) is 0 Å². The van der Waals surface area contributed by atoms with Crippen molar-refractivity contribution in [2.45, 2.75) is 32.8 Å². The first-order chi connectivity index (χ1) is 10.1. The molecule has 0 saturated heterocycles. The number of benzene rings is 2. The zero-order valence-electron chi connectivity index (χ0n) is 13.0. The number of rotatable bonds is 6. The van der Waals surface area contributed by atoms with Crippen LogP contribution in [-0.2, 0) is 12.8 Å². The van der Waals surface area contributed by atoms with Crippen LogP contribution in [0, 0.1) is 5.92 Å². The van der Waals surface area contributed by atoms with Gasteiger partial charge in [0, 0.05) is 6.42 Å². The lowest BCUT2D eigenvalue weighted by atomic mass is 9.97. The molecule has 0 saturated carbocycles. The standard InChI is InChI=1S/C19H24O2/c1-14(2)12-15-4-8-17(9-5-15)19(20)13-16-6-10-18(21-3)11-7-16/h4-11,14,19-20H,12-13H2,1-3H3. The van der Waals surface area contributed by atoms with Crippen molar-refractivity contribution in [1.82, 2.24) is 0 Å². The summed E-state index contributed by atoms with van der Waals surface area (Å²) in [6.45, 7) is 4.43. The summed E-state index contributed by atoms with van der Waals surface area (Å²) in [6, 6.07) is 16.1. The summed E-state index contributed by atoms with van der Waals surface area (Å²) in [6.07, 6.45) is 1.23. The van der Waals surface area contributed by atoms with Gasteiger partial charge in [-0.15, -0.1) is 0 Å². The van der Waals surface area contributed by atoms with Crippen molar-refractivity contribution in [1.29, 1.82) is 0 Å². The van der Waals surface area contributed by atoms with Gasteiger partial charge in [-0.3, -0.25) is 0 Å². The molecular weight excluding hydrogens is 260 g/mol. The Morgan fingerprint density at radius 1 is 0.857 bits per heavy atom. The van der Waals surface area contributed by atoms with Crippen LogP contribution in [0.15, 0.2) is 48.5 Å². The van der Waals surface area contributed by atoms with E-state index in [1.165, 1.54) is 5.56 Å². The first-order valence-corrected chi connectivity index (χ1v) is 7.48. The van der Waals surface area contributed by atoms with E-state index >= 15 is 0 Å². The topological polar surface area (TPSA) is 29.5 Å². The minimum Gasteiger partial charge on any atom is -0.497 e. The highest BCUT2D eigenvalue weighted by Crippen LogP contribution is 2.21. The van der Waals surface area contributed by atoms with Crippen LogP contribution in [0.2, 0.25) is 0 Å². The lowest BCUT2D eigenvalue weighted by Crippen LogP contribution is -2.02. The number of hydrogen-bond acceptors (Lipinski definition) is 2. The summed E-state index contributed by atoms with van der Waals surface area (Å²) in [5.41, 5.74) is 3.40. The molecule has 0 bridgehead atoms. The maximum Gasteiger partial charge on any atom is 0.118 e. The zero-order valence-corrected chi connectivity index (χ0v) is 13.0. The Balaban J connectivity index is 2.00. The number of ether oxygens (including phenoxy) is 1. The van der Waals surface area contributed by atoms with Crippen molar-refractivity contribution in [2.24, 2.45) is 5.92 Å². The second-order valence-electron chi connectivity index (χ2n) is 5.91. The predicted molar refractivity (Wildman–Crippen MR) is 86.6 cm³/mol. The van der Waals surface area contributed by atoms with Gasteiger partial charge >= 0.3 is 0 Å². The van der Waals surface area contributed by atoms with Crippen molar-refractivity contribution >= 4 is 0 Å². The molecule has 0 aliphatic carbocycles. The smallest absolute Gasteiger partial charge is 0.118 e. The molecule has 0 aliphatic heterocycles. The molecule has 0 heterocycles. The quantitative estimate of drug-likeness (QED) is 0.862. The largest absolute Gasteiger partial charge is 0.497 e. The van der Waals surface area contributed by atoms with Crippen molar-refractivity contribution in [2.75, 3.05) is 7.11 Å².